The summed E-state index contributed by atoms with van der Waals surface area (Å²) >= 11 is 6.12. The summed E-state index contributed by atoms with van der Waals surface area (Å²) in [5.74, 6) is 0.728. The van der Waals surface area contributed by atoms with Crippen molar-refractivity contribution >= 4 is 29.1 Å². The Balaban J connectivity index is 0.000000189. The van der Waals surface area contributed by atoms with Crippen LogP contribution in [-0.2, 0) is 15.1 Å². The van der Waals surface area contributed by atoms with E-state index in [1.54, 1.807) is 13.1 Å². The minimum Gasteiger partial charge on any atom is -0.454 e. The molecule has 0 bridgehead atoms. The highest BCUT2D eigenvalue weighted by molar-refractivity contribution is 6.30. The molecule has 0 amide bonds. The Morgan fingerprint density at radius 2 is 1.76 bits per heavy atom. The molecule has 41 heavy (non-hydrogen) atoms. The third kappa shape index (κ3) is 6.87. The molecule has 8 heteroatoms. The summed E-state index contributed by atoms with van der Waals surface area (Å²) in [6, 6.07) is 25.7. The Hall–Kier alpha value is -3.52. The minimum atomic E-state index is -0.486. The Labute approximate surface area is 247 Å². The van der Waals surface area contributed by atoms with E-state index >= 15 is 0 Å². The van der Waals surface area contributed by atoms with Crippen LogP contribution in [0.1, 0.15) is 44.7 Å². The van der Waals surface area contributed by atoms with Gasteiger partial charge in [-0.25, -0.2) is 10.1 Å². The maximum Gasteiger partial charge on any atom is 0.306 e. The van der Waals surface area contributed by atoms with Crippen LogP contribution in [0.5, 0.6) is 0 Å². The van der Waals surface area contributed by atoms with E-state index in [0.29, 0.717) is 29.0 Å². The maximum absolute atomic E-state index is 12.0. The first kappa shape index (κ1) is 30.4. The lowest BCUT2D eigenvalue weighted by molar-refractivity contribution is -0.177. The molecule has 1 fully saturated rings. The van der Waals surface area contributed by atoms with E-state index in [4.69, 9.17) is 16.3 Å². The van der Waals surface area contributed by atoms with E-state index in [2.05, 4.69) is 47.9 Å². The Morgan fingerprint density at radius 1 is 1.10 bits per heavy atom. The lowest BCUT2D eigenvalue weighted by Gasteiger charge is -2.48. The Morgan fingerprint density at radius 3 is 2.39 bits per heavy atom. The van der Waals surface area contributed by atoms with E-state index in [0.717, 1.165) is 34.7 Å². The zero-order chi connectivity index (χ0) is 29.6. The van der Waals surface area contributed by atoms with Crippen LogP contribution in [0.3, 0.4) is 0 Å². The summed E-state index contributed by atoms with van der Waals surface area (Å²) < 4.78 is 5.98. The van der Waals surface area contributed by atoms with E-state index in [9.17, 15) is 10.0 Å². The van der Waals surface area contributed by atoms with Crippen LogP contribution in [0, 0.1) is 5.92 Å². The van der Waals surface area contributed by atoms with Gasteiger partial charge in [-0.3, -0.25) is 15.0 Å². The second-order valence-corrected chi connectivity index (χ2v) is 11.1. The quantitative estimate of drug-likeness (QED) is 0.442. The van der Waals surface area contributed by atoms with E-state index in [1.807, 2.05) is 67.6 Å². The first-order valence-corrected chi connectivity index (χ1v) is 14.4. The van der Waals surface area contributed by atoms with Crippen molar-refractivity contribution in [1.29, 1.82) is 0 Å². The van der Waals surface area contributed by atoms with Crippen molar-refractivity contribution in [3.8, 4) is 0 Å². The summed E-state index contributed by atoms with van der Waals surface area (Å²) in [4.78, 5) is 22.9. The molecule has 7 nitrogen and oxygen atoms in total. The number of benzene rings is 3. The fraction of sp³-hybridized carbons (Fsp3) is 0.364. The highest BCUT2D eigenvalue weighted by Crippen LogP contribution is 2.43. The summed E-state index contributed by atoms with van der Waals surface area (Å²) in [6.45, 7) is 7.39. The van der Waals surface area contributed by atoms with Gasteiger partial charge >= 0.3 is 5.97 Å². The summed E-state index contributed by atoms with van der Waals surface area (Å²) in [7, 11) is 3.80. The fourth-order valence-corrected chi connectivity index (χ4v) is 5.67. The van der Waals surface area contributed by atoms with Crippen molar-refractivity contribution in [1.82, 2.24) is 9.96 Å². The number of fused-ring (bicyclic) bond motifs is 1. The third-order valence-electron chi connectivity index (χ3n) is 7.87. The summed E-state index contributed by atoms with van der Waals surface area (Å²) in [5, 5.41) is 13.8. The number of hydrogen-bond acceptors (Lipinski definition) is 6. The van der Waals surface area contributed by atoms with Crippen molar-refractivity contribution in [3.05, 3.63) is 106 Å². The molecular weight excluding hydrogens is 536 g/mol. The zero-order valence-corrected chi connectivity index (χ0v) is 25.2. The van der Waals surface area contributed by atoms with Gasteiger partial charge in [0.15, 0.2) is 0 Å². The summed E-state index contributed by atoms with van der Waals surface area (Å²) in [5.41, 5.74) is 2.21. The molecule has 0 saturated carbocycles. The number of amidine groups is 1. The fourth-order valence-electron chi connectivity index (χ4n) is 5.50. The normalized spacial score (nSPS) is 23.5. The molecule has 216 valence electrons. The topological polar surface area (TPSA) is 77.7 Å². The molecule has 5 rings (SSSR count). The van der Waals surface area contributed by atoms with Gasteiger partial charge in [0.2, 0.25) is 0 Å². The number of rotatable bonds is 4. The average Bonchev–Trinajstić information content (AvgIpc) is 3.12. The van der Waals surface area contributed by atoms with Crippen molar-refractivity contribution in [2.45, 2.75) is 45.3 Å². The molecule has 1 N–H and O–H groups in total. The van der Waals surface area contributed by atoms with Crippen LogP contribution in [0.15, 0.2) is 88.8 Å². The number of carbonyl (C=O) groups is 1. The smallest absolute Gasteiger partial charge is 0.306 e. The van der Waals surface area contributed by atoms with Crippen molar-refractivity contribution in [2.24, 2.45) is 15.9 Å². The lowest BCUT2D eigenvalue weighted by atomic mass is 9.74. The van der Waals surface area contributed by atoms with Gasteiger partial charge in [0.1, 0.15) is 18.0 Å². The van der Waals surface area contributed by atoms with Gasteiger partial charge in [-0.2, -0.15) is 0 Å². The van der Waals surface area contributed by atoms with E-state index in [-0.39, 0.29) is 18.4 Å². The second-order valence-electron chi connectivity index (χ2n) is 10.7. The summed E-state index contributed by atoms with van der Waals surface area (Å²) in [6.07, 6.45) is 1.27. The number of halogens is 1. The molecule has 0 aromatic heterocycles. The van der Waals surface area contributed by atoms with E-state index in [1.165, 1.54) is 5.06 Å². The number of likely N-dealkylation sites (tertiary alicyclic amines) is 1. The molecular formula is C33H39ClN4O3. The largest absolute Gasteiger partial charge is 0.454 e. The number of hydroxylamine groups is 2. The number of carbonyl (C=O) groups excluding carboxylic acids is 1. The van der Waals surface area contributed by atoms with Crippen molar-refractivity contribution < 1.29 is 14.7 Å². The van der Waals surface area contributed by atoms with Crippen molar-refractivity contribution in [2.75, 3.05) is 27.2 Å². The highest BCUT2D eigenvalue weighted by atomic mass is 35.5. The van der Waals surface area contributed by atoms with Crippen LogP contribution < -0.4 is 10.6 Å². The van der Waals surface area contributed by atoms with Crippen LogP contribution in [0.2, 0.25) is 5.02 Å². The molecule has 3 aromatic rings. The minimum absolute atomic E-state index is 0.113. The standard InChI is InChI=1S/C17H25NO2.C16H14ClN3O/c1-5-16(19)20-17(15-9-7-6-8-10-15)11-14(3)18(4)12-13(17)2;1-18-15-10-20(21)16(11-5-3-2-4-6-11)13-9-12(17)7-8-14(13)19-15/h6-10,13-14H,5,11-12H2,1-4H3;2-9,21H,10H2,1H3/t13-,14+,17+;/m1./s1. The predicted octanol–water partition coefficient (Wildman–Crippen LogP) is 5.04. The number of nitrogens with zero attached hydrogens (tertiary/aromatic N) is 4. The lowest BCUT2D eigenvalue weighted by Crippen LogP contribution is -2.53. The van der Waals surface area contributed by atoms with Gasteiger partial charge in [0.25, 0.3) is 0 Å². The highest BCUT2D eigenvalue weighted by Gasteiger charge is 2.47. The van der Waals surface area contributed by atoms with Gasteiger partial charge in [-0.05, 0) is 37.7 Å². The van der Waals surface area contributed by atoms with Crippen LogP contribution >= 0.6 is 11.6 Å². The van der Waals surface area contributed by atoms with Crippen LogP contribution in [0.4, 0.5) is 0 Å². The Kier molecular flexibility index (Phi) is 9.97. The van der Waals surface area contributed by atoms with E-state index < -0.39 is 5.60 Å². The molecule has 0 spiro atoms. The molecule has 0 unspecified atom stereocenters. The molecule has 2 heterocycles. The van der Waals surface area contributed by atoms with Crippen molar-refractivity contribution in [3.63, 3.8) is 0 Å². The van der Waals surface area contributed by atoms with Gasteiger partial charge in [0.05, 0.1) is 11.1 Å². The Bertz CT molecular complexity index is 1500. The predicted molar refractivity (Wildman–Crippen MR) is 163 cm³/mol. The number of piperidine rings is 1. The third-order valence-corrected chi connectivity index (χ3v) is 8.11. The number of aliphatic imine (C=N–C) groups is 1. The maximum atomic E-state index is 12.0. The van der Waals surface area contributed by atoms with Crippen LogP contribution in [0.25, 0.3) is 5.70 Å². The van der Waals surface area contributed by atoms with Crippen LogP contribution in [-0.4, -0.2) is 60.2 Å². The number of hydrogen-bond donors (Lipinski definition) is 1. The second kappa shape index (κ2) is 13.4. The van der Waals surface area contributed by atoms with Gasteiger partial charge < -0.3 is 9.64 Å². The first-order valence-electron chi connectivity index (χ1n) is 14.0. The molecule has 0 aliphatic carbocycles. The molecule has 0 radical (unpaired) electrons. The number of esters is 1. The molecule has 1 saturated heterocycles. The monoisotopic (exact) mass is 574 g/mol. The van der Waals surface area contributed by atoms with Gasteiger partial charge in [-0.1, -0.05) is 86.1 Å². The number of ether oxygens (including phenoxy) is 1. The molecule has 3 aromatic carbocycles. The molecule has 3 atom stereocenters. The van der Waals surface area contributed by atoms with Gasteiger partial charge in [0, 0.05) is 54.2 Å². The molecule has 2 aliphatic heterocycles. The first-order chi connectivity index (χ1) is 19.7. The average molecular weight is 575 g/mol. The van der Waals surface area contributed by atoms with Gasteiger partial charge in [-0.15, -0.1) is 0 Å². The SMILES string of the molecule is CCC(=O)O[C@@]1(c2ccccc2)C[C@H](C)N(C)C[C@H]1C.CN=C1CN(O)C(c2ccccc2)=c2cc(Cl)ccc2=N1. The molecule has 2 aliphatic rings. The zero-order valence-electron chi connectivity index (χ0n) is 24.4.